The van der Waals surface area contributed by atoms with E-state index in [1.54, 1.807) is 12.1 Å². The van der Waals surface area contributed by atoms with Crippen molar-refractivity contribution in [2.24, 2.45) is 0 Å². The largest absolute Gasteiger partial charge is 0.489 e. The van der Waals surface area contributed by atoms with Gasteiger partial charge in [0.1, 0.15) is 18.2 Å². The molecule has 0 amide bonds. The van der Waals surface area contributed by atoms with Crippen molar-refractivity contribution >= 4 is 23.1 Å². The molecule has 0 spiro atoms. The smallest absolute Gasteiger partial charge is 0.337 e. The Morgan fingerprint density at radius 1 is 1.26 bits per heavy atom. The van der Waals surface area contributed by atoms with Gasteiger partial charge in [-0.05, 0) is 42.0 Å². The molecule has 3 nitrogen and oxygen atoms in total. The predicted octanol–water partition coefficient (Wildman–Crippen LogP) is 4.23. The molecule has 0 saturated heterocycles. The standard InChI is InChI=1S/C17H11ClF2O3/c1-22-17(21)9-2-5-14-11(8-9)10(6-7-23-14)15-13(19)4-3-12(18)16(15)20/h2-6,8H,7H2,1H3. The van der Waals surface area contributed by atoms with Crippen molar-refractivity contribution in [2.45, 2.75) is 0 Å². The maximum atomic E-state index is 14.3. The van der Waals surface area contributed by atoms with Gasteiger partial charge in [-0.15, -0.1) is 0 Å². The summed E-state index contributed by atoms with van der Waals surface area (Å²) >= 11 is 5.76. The van der Waals surface area contributed by atoms with Crippen molar-refractivity contribution in [3.63, 3.8) is 0 Å². The van der Waals surface area contributed by atoms with Crippen LogP contribution in [0, 0.1) is 11.6 Å². The number of halogens is 3. The van der Waals surface area contributed by atoms with Crippen LogP contribution in [0.2, 0.25) is 5.02 Å². The minimum atomic E-state index is -0.853. The third kappa shape index (κ3) is 2.68. The Balaban J connectivity index is 2.20. The van der Waals surface area contributed by atoms with Gasteiger partial charge in [0, 0.05) is 5.56 Å². The summed E-state index contributed by atoms with van der Waals surface area (Å²) in [5.74, 6) is -1.72. The van der Waals surface area contributed by atoms with E-state index in [0.717, 1.165) is 12.1 Å². The van der Waals surface area contributed by atoms with Crippen LogP contribution in [0.25, 0.3) is 5.57 Å². The summed E-state index contributed by atoms with van der Waals surface area (Å²) < 4.78 is 38.6. The van der Waals surface area contributed by atoms with Crippen LogP contribution in [0.1, 0.15) is 21.5 Å². The van der Waals surface area contributed by atoms with Gasteiger partial charge in [-0.2, -0.15) is 0 Å². The summed E-state index contributed by atoms with van der Waals surface area (Å²) in [7, 11) is 1.26. The number of hydrogen-bond acceptors (Lipinski definition) is 3. The summed E-state index contributed by atoms with van der Waals surface area (Å²) in [5, 5.41) is -0.181. The Labute approximate surface area is 136 Å². The summed E-state index contributed by atoms with van der Waals surface area (Å²) in [6.07, 6.45) is 1.54. The number of rotatable bonds is 2. The first-order chi connectivity index (χ1) is 11.0. The van der Waals surface area contributed by atoms with Crippen molar-refractivity contribution in [1.82, 2.24) is 0 Å². The third-order valence-electron chi connectivity index (χ3n) is 3.53. The van der Waals surface area contributed by atoms with Crippen molar-refractivity contribution < 1.29 is 23.0 Å². The van der Waals surface area contributed by atoms with Crippen LogP contribution in [-0.4, -0.2) is 19.7 Å². The Morgan fingerprint density at radius 2 is 2.04 bits per heavy atom. The monoisotopic (exact) mass is 336 g/mol. The van der Waals surface area contributed by atoms with Gasteiger partial charge >= 0.3 is 5.97 Å². The molecular formula is C17H11ClF2O3. The Hall–Kier alpha value is -2.40. The summed E-state index contributed by atoms with van der Waals surface area (Å²) in [6.45, 7) is 0.158. The molecule has 6 heteroatoms. The van der Waals surface area contributed by atoms with Crippen LogP contribution in [0.3, 0.4) is 0 Å². The predicted molar refractivity (Wildman–Crippen MR) is 81.7 cm³/mol. The van der Waals surface area contributed by atoms with E-state index in [-0.39, 0.29) is 28.3 Å². The van der Waals surface area contributed by atoms with Crippen LogP contribution in [0.4, 0.5) is 8.78 Å². The fourth-order valence-corrected chi connectivity index (χ4v) is 2.60. The topological polar surface area (TPSA) is 35.5 Å². The number of methoxy groups -OCH3 is 1. The fourth-order valence-electron chi connectivity index (χ4n) is 2.45. The van der Waals surface area contributed by atoms with Gasteiger partial charge in [-0.1, -0.05) is 11.6 Å². The van der Waals surface area contributed by atoms with Gasteiger partial charge in [0.25, 0.3) is 0 Å². The highest BCUT2D eigenvalue weighted by molar-refractivity contribution is 6.31. The van der Waals surface area contributed by atoms with Gasteiger partial charge in [0.2, 0.25) is 0 Å². The molecule has 0 radical (unpaired) electrons. The normalized spacial score (nSPS) is 13.0. The van der Waals surface area contributed by atoms with E-state index in [1.807, 2.05) is 0 Å². The van der Waals surface area contributed by atoms with Gasteiger partial charge in [0.15, 0.2) is 5.82 Å². The number of carbonyl (C=O) groups is 1. The highest BCUT2D eigenvalue weighted by atomic mass is 35.5. The van der Waals surface area contributed by atoms with Gasteiger partial charge in [-0.25, -0.2) is 13.6 Å². The molecule has 0 saturated carbocycles. The lowest BCUT2D eigenvalue weighted by Gasteiger charge is -2.20. The minimum Gasteiger partial charge on any atom is -0.489 e. The van der Waals surface area contributed by atoms with Gasteiger partial charge in [-0.3, -0.25) is 0 Å². The van der Waals surface area contributed by atoms with Crippen LogP contribution < -0.4 is 4.74 Å². The molecule has 1 aliphatic rings. The van der Waals surface area contributed by atoms with Crippen molar-refractivity contribution in [1.29, 1.82) is 0 Å². The van der Waals surface area contributed by atoms with Crippen molar-refractivity contribution in [2.75, 3.05) is 13.7 Å². The van der Waals surface area contributed by atoms with E-state index < -0.39 is 17.6 Å². The zero-order valence-electron chi connectivity index (χ0n) is 12.0. The van der Waals surface area contributed by atoms with E-state index >= 15 is 0 Å². The molecule has 1 heterocycles. The lowest BCUT2D eigenvalue weighted by atomic mass is 9.93. The van der Waals surface area contributed by atoms with E-state index in [0.29, 0.717) is 11.3 Å². The fraction of sp³-hybridized carbons (Fsp3) is 0.118. The average molecular weight is 337 g/mol. The second kappa shape index (κ2) is 6.01. The molecular weight excluding hydrogens is 326 g/mol. The maximum absolute atomic E-state index is 14.3. The second-order valence-electron chi connectivity index (χ2n) is 4.85. The van der Waals surface area contributed by atoms with E-state index in [9.17, 15) is 13.6 Å². The number of benzene rings is 2. The molecule has 0 aliphatic carbocycles. The molecule has 2 aromatic rings. The third-order valence-corrected chi connectivity index (χ3v) is 3.82. The lowest BCUT2D eigenvalue weighted by Crippen LogP contribution is -2.10. The van der Waals surface area contributed by atoms with Crippen molar-refractivity contribution in [3.8, 4) is 5.75 Å². The number of esters is 1. The highest BCUT2D eigenvalue weighted by Gasteiger charge is 2.24. The first-order valence-electron chi connectivity index (χ1n) is 6.72. The molecule has 0 fully saturated rings. The first-order valence-corrected chi connectivity index (χ1v) is 7.10. The molecule has 0 atom stereocenters. The number of ether oxygens (including phenoxy) is 2. The zero-order valence-corrected chi connectivity index (χ0v) is 12.8. The maximum Gasteiger partial charge on any atom is 0.337 e. The molecule has 0 unspecified atom stereocenters. The van der Waals surface area contributed by atoms with Crippen LogP contribution >= 0.6 is 11.6 Å². The number of carbonyl (C=O) groups excluding carboxylic acids is 1. The Morgan fingerprint density at radius 3 is 2.78 bits per heavy atom. The van der Waals surface area contributed by atoms with Crippen molar-refractivity contribution in [3.05, 3.63) is 69.8 Å². The van der Waals surface area contributed by atoms with Gasteiger partial charge in [0.05, 0.1) is 23.3 Å². The second-order valence-corrected chi connectivity index (χ2v) is 5.26. The minimum absolute atomic E-state index is 0.158. The average Bonchev–Trinajstić information content (AvgIpc) is 2.57. The molecule has 1 aliphatic heterocycles. The summed E-state index contributed by atoms with van der Waals surface area (Å²) in [4.78, 5) is 11.7. The number of hydrogen-bond donors (Lipinski definition) is 0. The molecule has 23 heavy (non-hydrogen) atoms. The molecule has 0 N–H and O–H groups in total. The first kappa shape index (κ1) is 15.5. The van der Waals surface area contributed by atoms with Crippen LogP contribution in [-0.2, 0) is 4.74 Å². The lowest BCUT2D eigenvalue weighted by molar-refractivity contribution is 0.0600. The number of fused-ring (bicyclic) bond motifs is 1. The zero-order chi connectivity index (χ0) is 16.6. The molecule has 0 aromatic heterocycles. The molecule has 118 valence electrons. The summed E-state index contributed by atoms with van der Waals surface area (Å²) in [5.41, 5.74) is 0.697. The molecule has 2 aromatic carbocycles. The quantitative estimate of drug-likeness (QED) is 0.608. The Bertz CT molecular complexity index is 831. The van der Waals surface area contributed by atoms with E-state index in [2.05, 4.69) is 4.74 Å². The Kier molecular flexibility index (Phi) is 4.05. The highest BCUT2D eigenvalue weighted by Crippen LogP contribution is 2.38. The summed E-state index contributed by atoms with van der Waals surface area (Å²) in [6, 6.07) is 6.82. The van der Waals surface area contributed by atoms with E-state index in [4.69, 9.17) is 16.3 Å². The van der Waals surface area contributed by atoms with E-state index in [1.165, 1.54) is 19.2 Å². The van der Waals surface area contributed by atoms with Gasteiger partial charge < -0.3 is 9.47 Å². The molecule has 0 bridgehead atoms. The van der Waals surface area contributed by atoms with Crippen LogP contribution in [0.5, 0.6) is 5.75 Å². The SMILES string of the molecule is COC(=O)c1ccc2c(c1)C(c1c(F)ccc(Cl)c1F)=CCO2. The van der Waals surface area contributed by atoms with Crippen LogP contribution in [0.15, 0.2) is 36.4 Å². The molecule has 3 rings (SSSR count).